The van der Waals surface area contributed by atoms with E-state index in [-0.39, 0.29) is 36.8 Å². The van der Waals surface area contributed by atoms with Crippen LogP contribution in [-0.4, -0.2) is 70.1 Å². The number of carbonyl (C=O) groups excluding carboxylic acids is 3. The van der Waals surface area contributed by atoms with Crippen molar-refractivity contribution in [3.8, 4) is 0 Å². The standard InChI is InChI=1S/C23H23ClN2O5S/c1-13-5-2-6-14(24)18(13)25-9-4-8-23-17(16-15(32-23)7-3-12-31-22(16)30)20(28)26(10-11-27)19(23)21(25)29/h2-8,15-17,19,27H,9-12H2,1H3/t15-,16+,17+,19?,23+/m1/s1. The molecule has 168 valence electrons. The van der Waals surface area contributed by atoms with Gasteiger partial charge in [0.15, 0.2) is 0 Å². The third-order valence-electron chi connectivity index (χ3n) is 6.71. The number of amides is 2. The Morgan fingerprint density at radius 3 is 2.81 bits per heavy atom. The average molecular weight is 475 g/mol. The highest BCUT2D eigenvalue weighted by atomic mass is 35.5. The Labute approximate surface area is 195 Å². The molecule has 2 amide bonds. The molecule has 0 saturated carbocycles. The molecule has 7 nitrogen and oxygen atoms in total. The fourth-order valence-electron chi connectivity index (χ4n) is 5.48. The Morgan fingerprint density at radius 2 is 2.06 bits per heavy atom. The molecule has 2 fully saturated rings. The van der Waals surface area contributed by atoms with Gasteiger partial charge >= 0.3 is 5.97 Å². The minimum Gasteiger partial charge on any atom is -0.461 e. The van der Waals surface area contributed by atoms with Crippen molar-refractivity contribution in [3.63, 3.8) is 0 Å². The van der Waals surface area contributed by atoms with Crippen molar-refractivity contribution in [2.45, 2.75) is 23.0 Å². The van der Waals surface area contributed by atoms with E-state index in [1.807, 2.05) is 37.3 Å². The zero-order valence-electron chi connectivity index (χ0n) is 17.4. The lowest BCUT2D eigenvalue weighted by atomic mass is 9.78. The van der Waals surface area contributed by atoms with Gasteiger partial charge in [-0.3, -0.25) is 14.4 Å². The zero-order chi connectivity index (χ0) is 22.6. The van der Waals surface area contributed by atoms with Crippen molar-refractivity contribution >= 4 is 46.8 Å². The van der Waals surface area contributed by atoms with Gasteiger partial charge in [0.2, 0.25) is 5.91 Å². The predicted molar refractivity (Wildman–Crippen MR) is 121 cm³/mol. The first kappa shape index (κ1) is 21.6. The molecule has 1 aromatic carbocycles. The SMILES string of the molecule is Cc1cccc(Cl)c1N1CC=C[C@]23S[C@@H]4C=CCOC(=O)[C@@H]4[C@H]2C(=O)N(CCO)C3C1=O. The summed E-state index contributed by atoms with van der Waals surface area (Å²) in [5, 5.41) is 9.88. The van der Waals surface area contributed by atoms with Gasteiger partial charge in [-0.15, -0.1) is 11.8 Å². The third kappa shape index (κ3) is 2.96. The van der Waals surface area contributed by atoms with Crippen LogP contribution in [0.2, 0.25) is 5.02 Å². The number of fused-ring (bicyclic) bond motifs is 2. The second-order valence-corrected chi connectivity index (χ2v) is 10.3. The van der Waals surface area contributed by atoms with Crippen LogP contribution in [0, 0.1) is 18.8 Å². The number of cyclic esters (lactones) is 1. The Morgan fingerprint density at radius 1 is 1.25 bits per heavy atom. The number of hydrogen-bond acceptors (Lipinski definition) is 6. The smallest absolute Gasteiger partial charge is 0.311 e. The highest BCUT2D eigenvalue weighted by Gasteiger charge is 2.71. The molecule has 1 N–H and O–H groups in total. The largest absolute Gasteiger partial charge is 0.461 e. The minimum atomic E-state index is -0.927. The fraction of sp³-hybridized carbons (Fsp3) is 0.435. The molecule has 1 aromatic rings. The lowest BCUT2D eigenvalue weighted by Gasteiger charge is -2.35. The number of anilines is 1. The van der Waals surface area contributed by atoms with E-state index in [1.165, 1.54) is 16.7 Å². The molecule has 32 heavy (non-hydrogen) atoms. The first-order valence-electron chi connectivity index (χ1n) is 10.6. The summed E-state index contributed by atoms with van der Waals surface area (Å²) in [4.78, 5) is 43.6. The summed E-state index contributed by atoms with van der Waals surface area (Å²) in [7, 11) is 0. The number of ether oxygens (including phenoxy) is 1. The number of likely N-dealkylation sites (tertiary alicyclic amines) is 1. The molecule has 4 aliphatic heterocycles. The van der Waals surface area contributed by atoms with Gasteiger partial charge in [0.25, 0.3) is 5.91 Å². The second-order valence-electron chi connectivity index (χ2n) is 8.41. The van der Waals surface area contributed by atoms with E-state index in [1.54, 1.807) is 17.0 Å². The van der Waals surface area contributed by atoms with Gasteiger partial charge in [-0.2, -0.15) is 0 Å². The van der Waals surface area contributed by atoms with Gasteiger partial charge < -0.3 is 19.6 Å². The summed E-state index contributed by atoms with van der Waals surface area (Å²) in [5.74, 6) is -2.40. The van der Waals surface area contributed by atoms with Crippen molar-refractivity contribution in [1.82, 2.24) is 4.90 Å². The van der Waals surface area contributed by atoms with Crippen molar-refractivity contribution in [3.05, 3.63) is 53.1 Å². The number of para-hydroxylation sites is 1. The average Bonchev–Trinajstić information content (AvgIpc) is 3.04. The summed E-state index contributed by atoms with van der Waals surface area (Å²) in [6.45, 7) is 2.09. The van der Waals surface area contributed by atoms with E-state index in [0.29, 0.717) is 17.3 Å². The number of β-amino-alcohol motifs (C(OH)–C–C–N with tert-alkyl or cyclic N) is 1. The summed E-state index contributed by atoms with van der Waals surface area (Å²) >= 11 is 7.95. The maximum atomic E-state index is 14.1. The highest BCUT2D eigenvalue weighted by Crippen LogP contribution is 2.61. The van der Waals surface area contributed by atoms with E-state index in [9.17, 15) is 19.5 Å². The van der Waals surface area contributed by atoms with Gasteiger partial charge in [-0.1, -0.05) is 48.0 Å². The number of aliphatic hydroxyl groups is 1. The van der Waals surface area contributed by atoms with Crippen molar-refractivity contribution in [1.29, 1.82) is 0 Å². The van der Waals surface area contributed by atoms with Gasteiger partial charge in [0.05, 0.1) is 33.9 Å². The molecule has 5 atom stereocenters. The van der Waals surface area contributed by atoms with E-state index in [4.69, 9.17) is 16.3 Å². The quantitative estimate of drug-likeness (QED) is 0.532. The van der Waals surface area contributed by atoms with Crippen LogP contribution in [0.15, 0.2) is 42.5 Å². The number of esters is 1. The van der Waals surface area contributed by atoms with E-state index >= 15 is 0 Å². The molecule has 5 rings (SSSR count). The maximum Gasteiger partial charge on any atom is 0.311 e. The molecule has 0 aliphatic carbocycles. The lowest BCUT2D eigenvalue weighted by Crippen LogP contribution is -2.54. The van der Waals surface area contributed by atoms with Crippen molar-refractivity contribution < 1.29 is 24.2 Å². The van der Waals surface area contributed by atoms with E-state index < -0.39 is 28.6 Å². The molecule has 0 radical (unpaired) electrons. The molecule has 0 aromatic heterocycles. The maximum absolute atomic E-state index is 14.1. The van der Waals surface area contributed by atoms with Gasteiger partial charge in [0, 0.05) is 18.3 Å². The van der Waals surface area contributed by atoms with E-state index in [2.05, 4.69) is 0 Å². The lowest BCUT2D eigenvalue weighted by molar-refractivity contribution is -0.151. The number of benzene rings is 1. The molecule has 2 saturated heterocycles. The summed E-state index contributed by atoms with van der Waals surface area (Å²) < 4.78 is 4.40. The van der Waals surface area contributed by atoms with Crippen molar-refractivity contribution in [2.24, 2.45) is 11.8 Å². The number of nitrogens with zero attached hydrogens (tertiary/aromatic N) is 2. The Bertz CT molecular complexity index is 1040. The summed E-state index contributed by atoms with van der Waals surface area (Å²) in [5.41, 5.74) is 1.46. The van der Waals surface area contributed by atoms with Gasteiger partial charge in [0.1, 0.15) is 12.6 Å². The summed E-state index contributed by atoms with van der Waals surface area (Å²) in [6.07, 6.45) is 7.51. The van der Waals surface area contributed by atoms with Crippen LogP contribution >= 0.6 is 23.4 Å². The Kier molecular flexibility index (Phi) is 5.34. The molecular weight excluding hydrogens is 452 g/mol. The predicted octanol–water partition coefficient (Wildman–Crippen LogP) is 1.95. The van der Waals surface area contributed by atoms with Crippen LogP contribution in [-0.2, 0) is 19.1 Å². The topological polar surface area (TPSA) is 87.2 Å². The normalized spacial score (nSPS) is 33.5. The van der Waals surface area contributed by atoms with Crippen LogP contribution in [0.5, 0.6) is 0 Å². The first-order valence-corrected chi connectivity index (χ1v) is 11.8. The number of aliphatic hydroxyl groups excluding tert-OH is 1. The highest BCUT2D eigenvalue weighted by molar-refractivity contribution is 8.02. The van der Waals surface area contributed by atoms with Crippen LogP contribution in [0.3, 0.4) is 0 Å². The molecular formula is C23H23ClN2O5S. The third-order valence-corrected chi connectivity index (χ3v) is 8.76. The Hall–Kier alpha value is -2.29. The number of aryl methyl sites for hydroxylation is 1. The minimum absolute atomic E-state index is 0.0134. The first-order chi connectivity index (χ1) is 15.4. The van der Waals surface area contributed by atoms with Crippen LogP contribution in [0.25, 0.3) is 0 Å². The molecule has 9 heteroatoms. The molecule has 4 aliphatic rings. The second kappa shape index (κ2) is 7.93. The van der Waals surface area contributed by atoms with Crippen LogP contribution < -0.4 is 4.90 Å². The molecule has 4 heterocycles. The zero-order valence-corrected chi connectivity index (χ0v) is 19.0. The van der Waals surface area contributed by atoms with Gasteiger partial charge in [-0.05, 0) is 18.6 Å². The van der Waals surface area contributed by atoms with Crippen molar-refractivity contribution in [2.75, 3.05) is 31.2 Å². The number of rotatable bonds is 3. The monoisotopic (exact) mass is 474 g/mol. The van der Waals surface area contributed by atoms with E-state index in [0.717, 1.165) is 5.56 Å². The number of thioether (sulfide) groups is 1. The Balaban J connectivity index is 1.65. The number of halogens is 1. The number of carbonyl (C=O) groups is 3. The molecule has 1 spiro atoms. The fourth-order valence-corrected chi connectivity index (χ4v) is 7.81. The van der Waals surface area contributed by atoms with Gasteiger partial charge in [-0.25, -0.2) is 0 Å². The van der Waals surface area contributed by atoms with Crippen LogP contribution in [0.1, 0.15) is 5.56 Å². The molecule has 0 bridgehead atoms. The molecule has 1 unspecified atom stereocenters. The summed E-state index contributed by atoms with van der Waals surface area (Å²) in [6, 6.07) is 4.58. The van der Waals surface area contributed by atoms with Crippen LogP contribution in [0.4, 0.5) is 5.69 Å². The number of hydrogen-bond donors (Lipinski definition) is 1.